The monoisotopic (exact) mass is 466 g/mol. The Bertz CT molecular complexity index is 698. The van der Waals surface area contributed by atoms with Gasteiger partial charge in [-0.25, -0.2) is 0 Å². The third kappa shape index (κ3) is 4.39. The Morgan fingerprint density at radius 3 is 2.52 bits per heavy atom. The molecule has 33 heavy (non-hydrogen) atoms. The van der Waals surface area contributed by atoms with E-state index in [-0.39, 0.29) is 41.0 Å². The smallest absolute Gasteiger partial charge is 0.305 e. The SMILES string of the molecule is COCCOC(=O)CC[C@@H](C)[C@H]1CC[C@H]2[C@@H]3[C@H](O)C[C@@H]4C[C@H](O)CC[C@]4(C)[C@H]3C[C@H](O)[C@]12C. The predicted octanol–water partition coefficient (Wildman–Crippen LogP) is 3.55. The Morgan fingerprint density at radius 1 is 1.03 bits per heavy atom. The first-order valence-electron chi connectivity index (χ1n) is 13.3. The van der Waals surface area contributed by atoms with Gasteiger partial charge >= 0.3 is 5.97 Å². The summed E-state index contributed by atoms with van der Waals surface area (Å²) in [6, 6.07) is 0. The van der Waals surface area contributed by atoms with Crippen molar-refractivity contribution in [3.63, 3.8) is 0 Å². The maximum atomic E-state index is 12.1. The zero-order valence-corrected chi connectivity index (χ0v) is 21.0. The zero-order valence-electron chi connectivity index (χ0n) is 21.0. The molecule has 0 bridgehead atoms. The fraction of sp³-hybridized carbons (Fsp3) is 0.963. The highest BCUT2D eigenvalue weighted by atomic mass is 16.6. The lowest BCUT2D eigenvalue weighted by atomic mass is 9.43. The molecule has 6 nitrogen and oxygen atoms in total. The third-order valence-electron chi connectivity index (χ3n) is 10.9. The number of carbonyl (C=O) groups is 1. The summed E-state index contributed by atoms with van der Waals surface area (Å²) in [6.45, 7) is 7.56. The molecule has 0 heterocycles. The van der Waals surface area contributed by atoms with E-state index >= 15 is 0 Å². The summed E-state index contributed by atoms with van der Waals surface area (Å²) in [4.78, 5) is 12.1. The Labute approximate surface area is 199 Å². The molecule has 0 aromatic carbocycles. The molecule has 0 radical (unpaired) electrons. The van der Waals surface area contributed by atoms with Crippen LogP contribution in [0, 0.1) is 46.3 Å². The number of hydrogen-bond donors (Lipinski definition) is 3. The number of aliphatic hydroxyl groups excluding tert-OH is 3. The standard InChI is InChI=1S/C27H46O6/c1-16(5-8-24(31)33-12-11-32-4)19-6-7-20-25-21(15-23(30)27(19,20)3)26(2)10-9-18(28)13-17(26)14-22(25)29/h16-23,25,28-30H,5-15H2,1-4H3/t16-,17+,18-,19-,20+,21+,22-,23+,25+,26+,27-/m1/s1. The van der Waals surface area contributed by atoms with E-state index in [2.05, 4.69) is 20.8 Å². The van der Waals surface area contributed by atoms with Crippen LogP contribution in [0.5, 0.6) is 0 Å². The number of rotatable bonds is 7. The summed E-state index contributed by atoms with van der Waals surface area (Å²) in [5, 5.41) is 33.2. The van der Waals surface area contributed by atoms with Crippen LogP contribution in [0.4, 0.5) is 0 Å². The van der Waals surface area contributed by atoms with Crippen molar-refractivity contribution in [2.75, 3.05) is 20.3 Å². The van der Waals surface area contributed by atoms with Gasteiger partial charge in [0.05, 0.1) is 24.9 Å². The molecule has 0 unspecified atom stereocenters. The Morgan fingerprint density at radius 2 is 1.79 bits per heavy atom. The van der Waals surface area contributed by atoms with E-state index in [0.29, 0.717) is 49.2 Å². The number of ether oxygens (including phenoxy) is 2. The lowest BCUT2D eigenvalue weighted by molar-refractivity contribution is -0.207. The topological polar surface area (TPSA) is 96.2 Å². The molecule has 0 saturated heterocycles. The molecule has 0 spiro atoms. The molecular weight excluding hydrogens is 420 g/mol. The number of carbonyl (C=O) groups excluding carboxylic acids is 1. The van der Waals surface area contributed by atoms with Crippen molar-refractivity contribution < 1.29 is 29.6 Å². The Hall–Kier alpha value is -0.690. The van der Waals surface area contributed by atoms with Gasteiger partial charge in [-0.15, -0.1) is 0 Å². The molecule has 0 aliphatic heterocycles. The van der Waals surface area contributed by atoms with Crippen LogP contribution in [0.15, 0.2) is 0 Å². The van der Waals surface area contributed by atoms with Crippen molar-refractivity contribution in [2.45, 2.75) is 96.9 Å². The Balaban J connectivity index is 1.47. The maximum absolute atomic E-state index is 12.1. The molecule has 6 heteroatoms. The fourth-order valence-corrected chi connectivity index (χ4v) is 8.99. The summed E-state index contributed by atoms with van der Waals surface area (Å²) in [7, 11) is 1.59. The summed E-state index contributed by atoms with van der Waals surface area (Å²) in [6.07, 6.45) is 6.42. The molecule has 4 aliphatic carbocycles. The van der Waals surface area contributed by atoms with Crippen LogP contribution >= 0.6 is 0 Å². The predicted molar refractivity (Wildman–Crippen MR) is 125 cm³/mol. The van der Waals surface area contributed by atoms with Crippen LogP contribution in [0.25, 0.3) is 0 Å². The highest BCUT2D eigenvalue weighted by Crippen LogP contribution is 2.68. The molecule has 11 atom stereocenters. The van der Waals surface area contributed by atoms with Crippen molar-refractivity contribution in [3.05, 3.63) is 0 Å². The number of hydrogen-bond acceptors (Lipinski definition) is 6. The largest absolute Gasteiger partial charge is 0.463 e. The molecule has 0 amide bonds. The van der Waals surface area contributed by atoms with Crippen molar-refractivity contribution in [1.29, 1.82) is 0 Å². The normalized spacial score (nSPS) is 47.8. The fourth-order valence-electron chi connectivity index (χ4n) is 8.99. The number of methoxy groups -OCH3 is 1. The van der Waals surface area contributed by atoms with Gasteiger partial charge < -0.3 is 24.8 Å². The van der Waals surface area contributed by atoms with Gasteiger partial charge in [-0.2, -0.15) is 0 Å². The van der Waals surface area contributed by atoms with Crippen molar-refractivity contribution in [2.24, 2.45) is 46.3 Å². The van der Waals surface area contributed by atoms with Crippen molar-refractivity contribution in [3.8, 4) is 0 Å². The molecule has 4 saturated carbocycles. The van der Waals surface area contributed by atoms with Crippen LogP contribution in [-0.4, -0.2) is 59.9 Å². The minimum absolute atomic E-state index is 0.0983. The quantitative estimate of drug-likeness (QED) is 0.392. The second-order valence-corrected chi connectivity index (χ2v) is 12.3. The molecule has 4 rings (SSSR count). The van der Waals surface area contributed by atoms with Crippen molar-refractivity contribution >= 4 is 5.97 Å². The van der Waals surface area contributed by atoms with Crippen LogP contribution in [0.1, 0.15) is 78.6 Å². The molecule has 4 aliphatic rings. The van der Waals surface area contributed by atoms with E-state index in [1.54, 1.807) is 7.11 Å². The van der Waals surface area contributed by atoms with Gasteiger partial charge in [0.25, 0.3) is 0 Å². The van der Waals surface area contributed by atoms with Crippen LogP contribution in [0.2, 0.25) is 0 Å². The highest BCUT2D eigenvalue weighted by Gasteiger charge is 2.65. The van der Waals surface area contributed by atoms with Crippen molar-refractivity contribution in [1.82, 2.24) is 0 Å². The van der Waals surface area contributed by atoms with E-state index in [1.807, 2.05) is 0 Å². The number of esters is 1. The summed E-state index contributed by atoms with van der Waals surface area (Å²) in [5.74, 6) is 1.68. The molecular formula is C27H46O6. The van der Waals surface area contributed by atoms with Gasteiger partial charge in [0.1, 0.15) is 6.61 Å². The first kappa shape index (κ1) is 25.4. The summed E-state index contributed by atoms with van der Waals surface area (Å²) < 4.78 is 10.2. The van der Waals surface area contributed by atoms with Gasteiger partial charge in [0, 0.05) is 13.5 Å². The second kappa shape index (κ2) is 9.75. The van der Waals surface area contributed by atoms with Gasteiger partial charge in [-0.1, -0.05) is 20.8 Å². The van der Waals surface area contributed by atoms with E-state index in [0.717, 1.165) is 51.4 Å². The molecule has 4 fully saturated rings. The van der Waals surface area contributed by atoms with E-state index in [1.165, 1.54) is 0 Å². The van der Waals surface area contributed by atoms with Gasteiger partial charge in [0.15, 0.2) is 0 Å². The van der Waals surface area contributed by atoms with E-state index in [4.69, 9.17) is 9.47 Å². The van der Waals surface area contributed by atoms with Gasteiger partial charge in [-0.05, 0) is 97.7 Å². The van der Waals surface area contributed by atoms with Crippen LogP contribution in [0.3, 0.4) is 0 Å². The first-order chi connectivity index (χ1) is 15.6. The van der Waals surface area contributed by atoms with Crippen LogP contribution < -0.4 is 0 Å². The average Bonchev–Trinajstić information content (AvgIpc) is 3.13. The first-order valence-corrected chi connectivity index (χ1v) is 13.3. The maximum Gasteiger partial charge on any atom is 0.305 e. The van der Waals surface area contributed by atoms with E-state index < -0.39 is 0 Å². The number of aliphatic hydroxyl groups is 3. The molecule has 3 N–H and O–H groups in total. The molecule has 0 aromatic heterocycles. The van der Waals surface area contributed by atoms with E-state index in [9.17, 15) is 20.1 Å². The zero-order chi connectivity index (χ0) is 24.0. The summed E-state index contributed by atoms with van der Waals surface area (Å²) in [5.41, 5.74) is -0.125. The summed E-state index contributed by atoms with van der Waals surface area (Å²) >= 11 is 0. The highest BCUT2D eigenvalue weighted by molar-refractivity contribution is 5.69. The lowest BCUT2D eigenvalue weighted by Crippen LogP contribution is -2.62. The van der Waals surface area contributed by atoms with Gasteiger partial charge in [-0.3, -0.25) is 4.79 Å². The molecule has 190 valence electrons. The second-order valence-electron chi connectivity index (χ2n) is 12.3. The van der Waals surface area contributed by atoms with Gasteiger partial charge in [0.2, 0.25) is 0 Å². The minimum Gasteiger partial charge on any atom is -0.463 e. The van der Waals surface area contributed by atoms with Crippen LogP contribution in [-0.2, 0) is 14.3 Å². The lowest BCUT2D eigenvalue weighted by Gasteiger charge is -2.63. The minimum atomic E-state index is -0.387. The molecule has 0 aromatic rings. The third-order valence-corrected chi connectivity index (χ3v) is 10.9. The average molecular weight is 467 g/mol. The Kier molecular flexibility index (Phi) is 7.51. The number of fused-ring (bicyclic) bond motifs is 5.